The Bertz CT molecular complexity index is 5320. The van der Waals surface area contributed by atoms with Crippen LogP contribution in [0.25, 0.3) is 90.8 Å². The zero-order valence-corrected chi connectivity index (χ0v) is 54.5. The van der Waals surface area contributed by atoms with E-state index in [-0.39, 0.29) is 16.2 Å². The maximum Gasteiger partial charge on any atom is 0.138 e. The fraction of sp³-hybridized carbons (Fsp3) is 0.121. The van der Waals surface area contributed by atoms with Crippen LogP contribution in [0.3, 0.4) is 0 Å². The van der Waals surface area contributed by atoms with Crippen LogP contribution in [0.5, 0.6) is 0 Å². The smallest absolute Gasteiger partial charge is 0.138 e. The number of pyridine rings is 1. The van der Waals surface area contributed by atoms with Crippen LogP contribution in [0.1, 0.15) is 104 Å². The van der Waals surface area contributed by atoms with Crippen LogP contribution in [0.2, 0.25) is 0 Å². The molecule has 1 atom stereocenters. The van der Waals surface area contributed by atoms with Crippen molar-refractivity contribution in [2.75, 3.05) is 9.80 Å². The molecule has 1 aliphatic heterocycles. The first-order chi connectivity index (χ1) is 46.3. The summed E-state index contributed by atoms with van der Waals surface area (Å²) < 4.78 is 0. The second-order valence-electron chi connectivity index (χ2n) is 27.7. The van der Waals surface area contributed by atoms with Gasteiger partial charge in [0.1, 0.15) is 11.6 Å². The molecule has 456 valence electrons. The third-order valence-corrected chi connectivity index (χ3v) is 20.9. The molecule has 17 rings (SSSR count). The molecule has 11 aromatic carbocycles. The van der Waals surface area contributed by atoms with Crippen molar-refractivity contribution in [3.63, 3.8) is 0 Å². The van der Waals surface area contributed by atoms with Crippen molar-refractivity contribution in [2.24, 2.45) is 10.9 Å². The van der Waals surface area contributed by atoms with Crippen LogP contribution in [0.4, 0.5) is 28.6 Å². The molecule has 12 aromatic rings. The van der Waals surface area contributed by atoms with Crippen LogP contribution in [0.15, 0.2) is 296 Å². The summed E-state index contributed by atoms with van der Waals surface area (Å²) in [5.41, 5.74) is 31.1. The van der Waals surface area contributed by atoms with Crippen LogP contribution >= 0.6 is 0 Å². The maximum absolute atomic E-state index is 5.37. The second-order valence-corrected chi connectivity index (χ2v) is 27.7. The van der Waals surface area contributed by atoms with Crippen LogP contribution < -0.4 is 9.80 Å². The van der Waals surface area contributed by atoms with Crippen molar-refractivity contribution in [1.29, 1.82) is 0 Å². The summed E-state index contributed by atoms with van der Waals surface area (Å²) in [6.45, 7) is 14.3. The summed E-state index contributed by atoms with van der Waals surface area (Å²) in [6, 6.07) is 93.8. The average Bonchev–Trinajstić information content (AvgIpc) is 1.60. The third kappa shape index (κ3) is 9.81. The molecule has 1 aromatic heterocycles. The Kier molecular flexibility index (Phi) is 13.7. The van der Waals surface area contributed by atoms with Gasteiger partial charge >= 0.3 is 0 Å². The highest BCUT2D eigenvalue weighted by molar-refractivity contribution is 6.02. The fourth-order valence-electron chi connectivity index (χ4n) is 15.8. The van der Waals surface area contributed by atoms with Gasteiger partial charge in [-0.25, -0.2) is 9.98 Å². The second kappa shape index (κ2) is 22.5. The van der Waals surface area contributed by atoms with Gasteiger partial charge in [0.15, 0.2) is 0 Å². The first kappa shape index (κ1) is 57.7. The van der Waals surface area contributed by atoms with Gasteiger partial charge in [-0.05, 0) is 173 Å². The molecule has 4 aliphatic carbocycles. The van der Waals surface area contributed by atoms with Crippen molar-refractivity contribution in [3.05, 3.63) is 347 Å². The number of rotatable bonds is 12. The van der Waals surface area contributed by atoms with E-state index in [0.717, 1.165) is 68.6 Å². The normalized spacial score (nSPS) is 16.2. The SMILES string of the molecule is CC1(C)c2cc(/C=C/c3ccc4c(c3)C(C)(C)c3cc(N(C5=CCC6C=CC=CC6=N5)c5ccccc5-c5ccccc5)ccc3-4)ccc2-c2ccc(/C=C/c3ccc4c(c3)C(C)(C)c3cc(N(c5ccc6ccccc6n5)c5ccccc5-c5ccccc5)ccc3-4)cc21. The minimum absolute atomic E-state index is 0.182. The Morgan fingerprint density at radius 3 is 1.27 bits per heavy atom. The lowest BCUT2D eigenvalue weighted by Gasteiger charge is -2.32. The summed E-state index contributed by atoms with van der Waals surface area (Å²) in [4.78, 5) is 15.4. The summed E-state index contributed by atoms with van der Waals surface area (Å²) >= 11 is 0. The largest absolute Gasteiger partial charge is 0.295 e. The molecule has 0 bridgehead atoms. The molecule has 0 radical (unpaired) electrons. The lowest BCUT2D eigenvalue weighted by atomic mass is 9.81. The lowest BCUT2D eigenvalue weighted by Crippen LogP contribution is -2.23. The van der Waals surface area contributed by atoms with E-state index in [2.05, 4.69) is 361 Å². The molecule has 1 unspecified atom stereocenters. The number of fused-ring (bicyclic) bond motifs is 11. The Morgan fingerprint density at radius 1 is 0.368 bits per heavy atom. The zero-order valence-electron chi connectivity index (χ0n) is 54.5. The summed E-state index contributed by atoms with van der Waals surface area (Å²) in [5, 5.41) is 1.12. The molecule has 5 aliphatic rings. The number of hydrogen-bond donors (Lipinski definition) is 0. The number of allylic oxidation sites excluding steroid dienone is 5. The molecule has 0 spiro atoms. The van der Waals surface area contributed by atoms with E-state index in [9.17, 15) is 0 Å². The Labute approximate surface area is 558 Å². The van der Waals surface area contributed by atoms with Gasteiger partial charge in [0.2, 0.25) is 0 Å². The topological polar surface area (TPSA) is 31.7 Å². The number of nitrogens with zero attached hydrogens (tertiary/aromatic N) is 4. The Morgan fingerprint density at radius 2 is 0.779 bits per heavy atom. The molecule has 2 heterocycles. The molecular formula is C91H72N4. The number of aliphatic imine (C=N–C) groups is 1. The maximum atomic E-state index is 5.37. The van der Waals surface area contributed by atoms with E-state index in [4.69, 9.17) is 9.98 Å². The molecule has 0 amide bonds. The molecular weight excluding hydrogens is 1150 g/mol. The Balaban J connectivity index is 0.620. The number of benzene rings is 11. The molecule has 0 fully saturated rings. The highest BCUT2D eigenvalue weighted by atomic mass is 15.2. The number of para-hydroxylation sites is 3. The minimum atomic E-state index is -0.250. The molecule has 4 nitrogen and oxygen atoms in total. The summed E-state index contributed by atoms with van der Waals surface area (Å²) in [5.74, 6) is 2.13. The van der Waals surface area contributed by atoms with Gasteiger partial charge in [0, 0.05) is 55.8 Å². The average molecular weight is 1220 g/mol. The first-order valence-corrected chi connectivity index (χ1v) is 33.5. The van der Waals surface area contributed by atoms with Gasteiger partial charge in [-0.1, -0.05) is 284 Å². The number of hydrogen-bond acceptors (Lipinski definition) is 4. The van der Waals surface area contributed by atoms with E-state index >= 15 is 0 Å². The van der Waals surface area contributed by atoms with Gasteiger partial charge in [-0.2, -0.15) is 0 Å². The molecule has 0 saturated carbocycles. The van der Waals surface area contributed by atoms with Gasteiger partial charge in [0.25, 0.3) is 0 Å². The Hall–Kier alpha value is -11.2. The van der Waals surface area contributed by atoms with Gasteiger partial charge in [-0.3, -0.25) is 9.80 Å². The van der Waals surface area contributed by atoms with Crippen molar-refractivity contribution < 1.29 is 0 Å². The highest BCUT2D eigenvalue weighted by Gasteiger charge is 2.40. The van der Waals surface area contributed by atoms with E-state index in [0.29, 0.717) is 5.92 Å². The molecule has 4 heteroatoms. The van der Waals surface area contributed by atoms with Gasteiger partial charge in [0.05, 0.1) is 16.9 Å². The number of anilines is 5. The highest BCUT2D eigenvalue weighted by Crippen LogP contribution is 2.55. The quantitative estimate of drug-likeness (QED) is 0.114. The predicted octanol–water partition coefficient (Wildman–Crippen LogP) is 23.9. The lowest BCUT2D eigenvalue weighted by molar-refractivity contribution is 0.660. The van der Waals surface area contributed by atoms with E-state index < -0.39 is 0 Å². The number of aromatic nitrogens is 1. The van der Waals surface area contributed by atoms with Crippen LogP contribution in [-0.2, 0) is 16.2 Å². The third-order valence-electron chi connectivity index (χ3n) is 20.9. The van der Waals surface area contributed by atoms with Crippen molar-refractivity contribution in [2.45, 2.75) is 64.2 Å². The van der Waals surface area contributed by atoms with Crippen molar-refractivity contribution in [3.8, 4) is 55.6 Å². The van der Waals surface area contributed by atoms with E-state index in [1.807, 2.05) is 0 Å². The van der Waals surface area contributed by atoms with Gasteiger partial charge in [-0.15, -0.1) is 0 Å². The first-order valence-electron chi connectivity index (χ1n) is 33.5. The molecule has 95 heavy (non-hydrogen) atoms. The van der Waals surface area contributed by atoms with Crippen molar-refractivity contribution in [1.82, 2.24) is 4.98 Å². The zero-order chi connectivity index (χ0) is 64.2. The van der Waals surface area contributed by atoms with Crippen LogP contribution in [0, 0.1) is 5.92 Å². The van der Waals surface area contributed by atoms with E-state index in [1.54, 1.807) is 0 Å². The minimum Gasteiger partial charge on any atom is -0.295 e. The molecule has 0 saturated heterocycles. The monoisotopic (exact) mass is 1220 g/mol. The van der Waals surface area contributed by atoms with Crippen LogP contribution in [-0.4, -0.2) is 10.7 Å². The van der Waals surface area contributed by atoms with Crippen molar-refractivity contribution >= 4 is 69.5 Å². The summed E-state index contributed by atoms with van der Waals surface area (Å²) in [7, 11) is 0. The van der Waals surface area contributed by atoms with E-state index in [1.165, 1.54) is 100 Å². The summed E-state index contributed by atoms with van der Waals surface area (Å²) in [6.07, 6.45) is 21.1. The van der Waals surface area contributed by atoms with Gasteiger partial charge < -0.3 is 0 Å². The molecule has 0 N–H and O–H groups in total. The standard InChI is InChI=1S/C91H72N4/c1-89(2)77-53-59(33-35-61-39-47-73-75-49-43-67(57-81(75)90(3,4)79(73)55-61)94(87-51-41-65-25-13-17-29-83(65)92-87)85-31-19-15-27-69(85)63-21-9-7-10-22-63)37-45-71(77)72-46-38-60(54-78(72)89)34-36-62-40-48-74-76-50-44-68(58-82(76)91(5,6)80(74)56-62)95(88-52-42-66-26-14-18-30-84(66)93-88)86-32-20-16-28-70(86)64-23-11-8-12-24-64/h7-41,43-58,66H,42H2,1-6H3/b35-33+,36-34+. The fourth-order valence-corrected chi connectivity index (χ4v) is 15.8. The predicted molar refractivity (Wildman–Crippen MR) is 401 cm³/mol.